The Labute approximate surface area is 89.9 Å². The van der Waals surface area contributed by atoms with Gasteiger partial charge in [-0.15, -0.1) is 0 Å². The van der Waals surface area contributed by atoms with Crippen LogP contribution in [0.1, 0.15) is 18.2 Å². The third kappa shape index (κ3) is 2.02. The Hall–Kier alpha value is -1.35. The third-order valence-corrected chi connectivity index (χ3v) is 2.68. The zero-order chi connectivity index (χ0) is 10.8. The molecule has 0 spiro atoms. The standard InChI is InChI=1S/C12H17N3/c1-9(8-13)6-11-4-3-5-15-12(11)7-10(2)14-15/h3-5,7,9H,6,8,13H2,1-2H3. The minimum Gasteiger partial charge on any atom is -0.330 e. The van der Waals surface area contributed by atoms with Crippen molar-refractivity contribution in [2.24, 2.45) is 11.7 Å². The number of hydrogen-bond acceptors (Lipinski definition) is 2. The molecule has 0 saturated carbocycles. The predicted molar refractivity (Wildman–Crippen MR) is 61.9 cm³/mol. The molecule has 2 heterocycles. The number of nitrogens with zero attached hydrogens (tertiary/aromatic N) is 2. The van der Waals surface area contributed by atoms with Gasteiger partial charge in [0.15, 0.2) is 0 Å². The van der Waals surface area contributed by atoms with Crippen LogP contribution in [0, 0.1) is 12.8 Å². The van der Waals surface area contributed by atoms with Crippen molar-refractivity contribution >= 4 is 5.52 Å². The number of rotatable bonds is 3. The van der Waals surface area contributed by atoms with Crippen LogP contribution in [-0.4, -0.2) is 16.2 Å². The van der Waals surface area contributed by atoms with E-state index in [0.29, 0.717) is 5.92 Å². The van der Waals surface area contributed by atoms with Crippen molar-refractivity contribution in [3.63, 3.8) is 0 Å². The minimum absolute atomic E-state index is 0.520. The van der Waals surface area contributed by atoms with Crippen molar-refractivity contribution in [2.45, 2.75) is 20.3 Å². The van der Waals surface area contributed by atoms with Gasteiger partial charge < -0.3 is 5.73 Å². The first kappa shape index (κ1) is 10.2. The fourth-order valence-corrected chi connectivity index (χ4v) is 1.83. The lowest BCUT2D eigenvalue weighted by Gasteiger charge is -2.09. The van der Waals surface area contributed by atoms with E-state index in [1.165, 1.54) is 11.1 Å². The first-order valence-electron chi connectivity index (χ1n) is 5.34. The Morgan fingerprint density at radius 2 is 2.33 bits per heavy atom. The summed E-state index contributed by atoms with van der Waals surface area (Å²) in [5.74, 6) is 0.520. The quantitative estimate of drug-likeness (QED) is 0.826. The smallest absolute Gasteiger partial charge is 0.0696 e. The van der Waals surface area contributed by atoms with Crippen LogP contribution in [0.2, 0.25) is 0 Å². The van der Waals surface area contributed by atoms with Gasteiger partial charge in [-0.2, -0.15) is 5.10 Å². The second-order valence-corrected chi connectivity index (χ2v) is 4.19. The molecule has 2 rings (SSSR count). The summed E-state index contributed by atoms with van der Waals surface area (Å²) in [5.41, 5.74) is 9.24. The molecule has 15 heavy (non-hydrogen) atoms. The van der Waals surface area contributed by atoms with Gasteiger partial charge in [-0.25, -0.2) is 4.52 Å². The van der Waals surface area contributed by atoms with E-state index >= 15 is 0 Å². The largest absolute Gasteiger partial charge is 0.330 e. The van der Waals surface area contributed by atoms with E-state index in [1.54, 1.807) is 0 Å². The van der Waals surface area contributed by atoms with Gasteiger partial charge in [0.25, 0.3) is 0 Å². The zero-order valence-electron chi connectivity index (χ0n) is 9.27. The average molecular weight is 203 g/mol. The Morgan fingerprint density at radius 3 is 3.07 bits per heavy atom. The number of aryl methyl sites for hydroxylation is 1. The average Bonchev–Trinajstić information content (AvgIpc) is 2.59. The van der Waals surface area contributed by atoms with Gasteiger partial charge in [0.05, 0.1) is 11.2 Å². The van der Waals surface area contributed by atoms with Gasteiger partial charge in [0.1, 0.15) is 0 Å². The summed E-state index contributed by atoms with van der Waals surface area (Å²) in [4.78, 5) is 0. The van der Waals surface area contributed by atoms with Crippen LogP contribution in [0.15, 0.2) is 24.4 Å². The maximum atomic E-state index is 5.65. The molecule has 3 heteroatoms. The van der Waals surface area contributed by atoms with Crippen molar-refractivity contribution in [2.75, 3.05) is 6.54 Å². The summed E-state index contributed by atoms with van der Waals surface area (Å²) in [7, 11) is 0. The fourth-order valence-electron chi connectivity index (χ4n) is 1.83. The highest BCUT2D eigenvalue weighted by atomic mass is 15.2. The molecule has 0 saturated heterocycles. The first-order chi connectivity index (χ1) is 7.20. The first-order valence-corrected chi connectivity index (χ1v) is 5.34. The molecule has 0 aromatic carbocycles. The molecule has 0 bridgehead atoms. The molecule has 3 nitrogen and oxygen atoms in total. The molecule has 80 valence electrons. The number of hydrogen-bond donors (Lipinski definition) is 1. The zero-order valence-corrected chi connectivity index (χ0v) is 9.27. The van der Waals surface area contributed by atoms with Crippen molar-refractivity contribution in [3.05, 3.63) is 35.7 Å². The molecule has 0 fully saturated rings. The number of aromatic nitrogens is 2. The van der Waals surface area contributed by atoms with E-state index in [4.69, 9.17) is 5.73 Å². The maximum absolute atomic E-state index is 5.65. The fraction of sp³-hybridized carbons (Fsp3) is 0.417. The van der Waals surface area contributed by atoms with E-state index in [-0.39, 0.29) is 0 Å². The molecule has 1 unspecified atom stereocenters. The SMILES string of the molecule is Cc1cc2c(CC(C)CN)cccn2n1. The molecule has 0 aliphatic rings. The molecule has 2 aromatic rings. The van der Waals surface area contributed by atoms with Gasteiger partial charge >= 0.3 is 0 Å². The molecular weight excluding hydrogens is 186 g/mol. The lowest BCUT2D eigenvalue weighted by atomic mass is 10.0. The minimum atomic E-state index is 0.520. The molecule has 1 atom stereocenters. The lowest BCUT2D eigenvalue weighted by molar-refractivity contribution is 0.594. The third-order valence-electron chi connectivity index (χ3n) is 2.68. The highest BCUT2D eigenvalue weighted by Crippen LogP contribution is 2.15. The van der Waals surface area contributed by atoms with E-state index in [0.717, 1.165) is 18.7 Å². The number of fused-ring (bicyclic) bond motifs is 1. The van der Waals surface area contributed by atoms with Gasteiger partial charge in [0, 0.05) is 6.20 Å². The normalized spacial score (nSPS) is 13.3. The van der Waals surface area contributed by atoms with Crippen LogP contribution < -0.4 is 5.73 Å². The van der Waals surface area contributed by atoms with Crippen LogP contribution in [0.4, 0.5) is 0 Å². The monoisotopic (exact) mass is 203 g/mol. The van der Waals surface area contributed by atoms with Crippen molar-refractivity contribution < 1.29 is 0 Å². The molecular formula is C12H17N3. The molecule has 2 aromatic heterocycles. The Bertz CT molecular complexity index is 459. The number of nitrogens with two attached hydrogens (primary N) is 1. The van der Waals surface area contributed by atoms with Crippen LogP contribution >= 0.6 is 0 Å². The predicted octanol–water partition coefficient (Wildman–Crippen LogP) is 1.78. The summed E-state index contributed by atoms with van der Waals surface area (Å²) in [6.45, 7) is 4.92. The second-order valence-electron chi connectivity index (χ2n) is 4.19. The number of pyridine rings is 1. The van der Waals surface area contributed by atoms with Crippen molar-refractivity contribution in [1.29, 1.82) is 0 Å². The Balaban J connectivity index is 2.41. The molecule has 0 radical (unpaired) electrons. The molecule has 2 N–H and O–H groups in total. The van der Waals surface area contributed by atoms with Gasteiger partial charge in [-0.3, -0.25) is 0 Å². The highest BCUT2D eigenvalue weighted by Gasteiger charge is 2.06. The highest BCUT2D eigenvalue weighted by molar-refractivity contribution is 5.55. The van der Waals surface area contributed by atoms with E-state index in [9.17, 15) is 0 Å². The van der Waals surface area contributed by atoms with Gasteiger partial charge in [-0.1, -0.05) is 13.0 Å². The van der Waals surface area contributed by atoms with Crippen LogP contribution in [0.5, 0.6) is 0 Å². The van der Waals surface area contributed by atoms with Gasteiger partial charge in [0.2, 0.25) is 0 Å². The molecule has 0 aliphatic heterocycles. The summed E-state index contributed by atoms with van der Waals surface area (Å²) in [6.07, 6.45) is 3.00. The second kappa shape index (κ2) is 4.03. The molecule has 0 aliphatic carbocycles. The topological polar surface area (TPSA) is 43.3 Å². The van der Waals surface area contributed by atoms with Crippen LogP contribution in [0.25, 0.3) is 5.52 Å². The lowest BCUT2D eigenvalue weighted by Crippen LogP contribution is -2.13. The Kier molecular flexibility index (Phi) is 2.73. The Morgan fingerprint density at radius 1 is 1.53 bits per heavy atom. The summed E-state index contributed by atoms with van der Waals surface area (Å²) < 4.78 is 1.94. The van der Waals surface area contributed by atoms with Crippen LogP contribution in [0.3, 0.4) is 0 Å². The van der Waals surface area contributed by atoms with Crippen molar-refractivity contribution in [1.82, 2.24) is 9.61 Å². The van der Waals surface area contributed by atoms with E-state index in [2.05, 4.69) is 24.2 Å². The molecule has 0 amide bonds. The summed E-state index contributed by atoms with van der Waals surface area (Å²) in [5, 5.41) is 4.39. The van der Waals surface area contributed by atoms with Crippen molar-refractivity contribution in [3.8, 4) is 0 Å². The maximum Gasteiger partial charge on any atom is 0.0696 e. The van der Waals surface area contributed by atoms with E-state index in [1.807, 2.05) is 23.7 Å². The van der Waals surface area contributed by atoms with Crippen LogP contribution in [-0.2, 0) is 6.42 Å². The summed E-state index contributed by atoms with van der Waals surface area (Å²) >= 11 is 0. The van der Waals surface area contributed by atoms with E-state index < -0.39 is 0 Å². The summed E-state index contributed by atoms with van der Waals surface area (Å²) in [6, 6.07) is 6.32. The van der Waals surface area contributed by atoms with Gasteiger partial charge in [-0.05, 0) is 43.5 Å².